The maximum atomic E-state index is 14.0. The summed E-state index contributed by atoms with van der Waals surface area (Å²) in [5.74, 6) is 0.787. The minimum atomic E-state index is -0.878. The van der Waals surface area contributed by atoms with Crippen LogP contribution < -0.4 is 14.8 Å². The number of hydrogen-bond acceptors (Lipinski definition) is 7. The Morgan fingerprint density at radius 3 is 2.28 bits per heavy atom. The molecule has 0 bridgehead atoms. The zero-order valence-corrected chi connectivity index (χ0v) is 22.3. The molecule has 0 saturated heterocycles. The average Bonchev–Trinajstić information content (AvgIpc) is 3.64. The van der Waals surface area contributed by atoms with Gasteiger partial charge < -0.3 is 19.7 Å². The summed E-state index contributed by atoms with van der Waals surface area (Å²) < 4.78 is 12.1. The third kappa shape index (κ3) is 5.91. The second-order valence-electron chi connectivity index (χ2n) is 8.74. The Balaban J connectivity index is 1.50. The van der Waals surface area contributed by atoms with Gasteiger partial charge in [0.15, 0.2) is 0 Å². The predicted molar refractivity (Wildman–Crippen MR) is 150 cm³/mol. The lowest BCUT2D eigenvalue weighted by atomic mass is 10.1. The molecule has 2 aromatic heterocycles. The number of ether oxygens (including phenoxy) is 2. The first-order valence-corrected chi connectivity index (χ1v) is 13.1. The van der Waals surface area contributed by atoms with Gasteiger partial charge in [0.05, 0.1) is 19.7 Å². The van der Waals surface area contributed by atoms with Crippen molar-refractivity contribution in [3.63, 3.8) is 0 Å². The third-order valence-electron chi connectivity index (χ3n) is 6.27. The van der Waals surface area contributed by atoms with Crippen molar-refractivity contribution in [3.05, 3.63) is 101 Å². The number of thiophene rings is 1. The SMILES string of the molecule is COc1ccc(CN(C(=O)Cn2nnc3ccccc32)[C@@H](C(=O)Nc2ccc(OC)cc2)c2cccs2)cc1. The normalized spacial score (nSPS) is 11.6. The van der Waals surface area contributed by atoms with Gasteiger partial charge in [-0.2, -0.15) is 0 Å². The molecule has 0 unspecified atom stereocenters. The van der Waals surface area contributed by atoms with E-state index in [1.807, 2.05) is 66.0 Å². The van der Waals surface area contributed by atoms with Gasteiger partial charge in [0.25, 0.3) is 5.91 Å². The molecule has 5 aromatic rings. The summed E-state index contributed by atoms with van der Waals surface area (Å²) in [4.78, 5) is 30.1. The quantitative estimate of drug-likeness (QED) is 0.270. The van der Waals surface area contributed by atoms with Crippen LogP contribution in [0.5, 0.6) is 11.5 Å². The van der Waals surface area contributed by atoms with Crippen LogP contribution in [0.25, 0.3) is 11.0 Å². The molecular formula is C29H27N5O4S. The van der Waals surface area contributed by atoms with Gasteiger partial charge in [-0.15, -0.1) is 16.4 Å². The van der Waals surface area contributed by atoms with E-state index in [2.05, 4.69) is 15.6 Å². The number of fused-ring (bicyclic) bond motifs is 1. The zero-order valence-electron chi connectivity index (χ0n) is 21.5. The first kappa shape index (κ1) is 25.9. The first-order chi connectivity index (χ1) is 19.1. The monoisotopic (exact) mass is 541 g/mol. The second-order valence-corrected chi connectivity index (χ2v) is 9.72. The maximum absolute atomic E-state index is 14.0. The molecule has 10 heteroatoms. The molecule has 2 heterocycles. The van der Waals surface area contributed by atoms with Crippen LogP contribution in [-0.2, 0) is 22.7 Å². The number of carbonyl (C=O) groups is 2. The van der Waals surface area contributed by atoms with Gasteiger partial charge in [-0.1, -0.05) is 35.5 Å². The highest BCUT2D eigenvalue weighted by Gasteiger charge is 2.33. The summed E-state index contributed by atoms with van der Waals surface area (Å²) >= 11 is 1.42. The van der Waals surface area contributed by atoms with Crippen molar-refractivity contribution < 1.29 is 19.1 Å². The van der Waals surface area contributed by atoms with Crippen molar-refractivity contribution in [2.45, 2.75) is 19.1 Å². The van der Waals surface area contributed by atoms with Crippen LogP contribution >= 0.6 is 11.3 Å². The zero-order chi connectivity index (χ0) is 27.2. The van der Waals surface area contributed by atoms with Crippen LogP contribution in [0.4, 0.5) is 5.69 Å². The highest BCUT2D eigenvalue weighted by Crippen LogP contribution is 2.30. The van der Waals surface area contributed by atoms with Crippen molar-refractivity contribution in [3.8, 4) is 11.5 Å². The number of amides is 2. The molecule has 0 aliphatic rings. The van der Waals surface area contributed by atoms with Gasteiger partial charge >= 0.3 is 0 Å². The maximum Gasteiger partial charge on any atom is 0.252 e. The first-order valence-electron chi connectivity index (χ1n) is 12.2. The summed E-state index contributed by atoms with van der Waals surface area (Å²) in [5, 5.41) is 13.2. The van der Waals surface area contributed by atoms with E-state index in [9.17, 15) is 9.59 Å². The highest BCUT2D eigenvalue weighted by atomic mass is 32.1. The fourth-order valence-corrected chi connectivity index (χ4v) is 5.09. The van der Waals surface area contributed by atoms with Crippen molar-refractivity contribution in [2.75, 3.05) is 19.5 Å². The minimum absolute atomic E-state index is 0.0750. The molecular weight excluding hydrogens is 514 g/mol. The average molecular weight is 542 g/mol. The Labute approximate surface area is 229 Å². The van der Waals surface area contributed by atoms with E-state index in [4.69, 9.17) is 9.47 Å². The number of nitrogens with zero attached hydrogens (tertiary/aromatic N) is 4. The summed E-state index contributed by atoms with van der Waals surface area (Å²) in [5.41, 5.74) is 2.89. The van der Waals surface area contributed by atoms with E-state index in [1.54, 1.807) is 48.1 Å². The molecule has 0 aliphatic heterocycles. The molecule has 0 fully saturated rings. The number of anilines is 1. The topological polar surface area (TPSA) is 98.6 Å². The van der Waals surface area contributed by atoms with Gasteiger partial charge in [-0.3, -0.25) is 9.59 Å². The molecule has 9 nitrogen and oxygen atoms in total. The molecule has 0 aliphatic carbocycles. The Morgan fingerprint density at radius 1 is 0.923 bits per heavy atom. The molecule has 3 aromatic carbocycles. The number of nitrogens with one attached hydrogen (secondary N) is 1. The van der Waals surface area contributed by atoms with Crippen LogP contribution in [0.15, 0.2) is 90.3 Å². The van der Waals surface area contributed by atoms with Gasteiger partial charge in [0, 0.05) is 17.1 Å². The highest BCUT2D eigenvalue weighted by molar-refractivity contribution is 7.10. The number of para-hydroxylation sites is 1. The second kappa shape index (κ2) is 11.8. The van der Waals surface area contributed by atoms with E-state index in [0.717, 1.165) is 16.0 Å². The lowest BCUT2D eigenvalue weighted by Gasteiger charge is -2.31. The standard InChI is InChI=1S/C29H27N5O4S/c1-37-22-13-9-20(10-14-22)18-33(27(35)19-34-25-7-4-3-6-24(25)31-32-34)28(26-8-5-17-39-26)29(36)30-21-11-15-23(38-2)16-12-21/h3-17,28H,18-19H2,1-2H3,(H,30,36)/t28-/m1/s1. The van der Waals surface area contributed by atoms with Crippen LogP contribution in [-0.4, -0.2) is 45.9 Å². The van der Waals surface area contributed by atoms with E-state index < -0.39 is 6.04 Å². The minimum Gasteiger partial charge on any atom is -0.497 e. The number of methoxy groups -OCH3 is 2. The molecule has 5 rings (SSSR count). The summed E-state index contributed by atoms with van der Waals surface area (Å²) in [7, 11) is 3.19. The van der Waals surface area contributed by atoms with E-state index in [1.165, 1.54) is 11.3 Å². The van der Waals surface area contributed by atoms with Crippen LogP contribution in [0.2, 0.25) is 0 Å². The number of aromatic nitrogens is 3. The lowest BCUT2D eigenvalue weighted by Crippen LogP contribution is -2.42. The largest absolute Gasteiger partial charge is 0.497 e. The van der Waals surface area contributed by atoms with Gasteiger partial charge in [-0.25, -0.2) is 4.68 Å². The number of carbonyl (C=O) groups excluding carboxylic acids is 2. The van der Waals surface area contributed by atoms with Crippen molar-refractivity contribution >= 4 is 39.9 Å². The molecule has 0 saturated carbocycles. The molecule has 2 amide bonds. The number of hydrogen-bond donors (Lipinski definition) is 1. The Morgan fingerprint density at radius 2 is 1.62 bits per heavy atom. The van der Waals surface area contributed by atoms with E-state index in [0.29, 0.717) is 22.7 Å². The van der Waals surface area contributed by atoms with E-state index >= 15 is 0 Å². The van der Waals surface area contributed by atoms with Gasteiger partial charge in [0.1, 0.15) is 29.6 Å². The van der Waals surface area contributed by atoms with Crippen LogP contribution in [0.1, 0.15) is 16.5 Å². The summed E-state index contributed by atoms with van der Waals surface area (Å²) in [6.07, 6.45) is 0. The molecule has 198 valence electrons. The number of rotatable bonds is 10. The van der Waals surface area contributed by atoms with Crippen molar-refractivity contribution in [2.24, 2.45) is 0 Å². The Hall–Kier alpha value is -4.70. The molecule has 0 spiro atoms. The number of benzene rings is 3. The molecule has 1 N–H and O–H groups in total. The summed E-state index contributed by atoms with van der Waals surface area (Å²) in [6.45, 7) is 0.127. The van der Waals surface area contributed by atoms with Crippen LogP contribution in [0.3, 0.4) is 0 Å². The fourth-order valence-electron chi connectivity index (χ4n) is 4.26. The van der Waals surface area contributed by atoms with Crippen molar-refractivity contribution in [1.82, 2.24) is 19.9 Å². The molecule has 1 atom stereocenters. The smallest absolute Gasteiger partial charge is 0.252 e. The Bertz CT molecular complexity index is 1550. The van der Waals surface area contributed by atoms with E-state index in [-0.39, 0.29) is 24.9 Å². The molecule has 0 radical (unpaired) electrons. The Kier molecular flexibility index (Phi) is 7.83. The van der Waals surface area contributed by atoms with Gasteiger partial charge in [0.2, 0.25) is 5.91 Å². The predicted octanol–water partition coefficient (Wildman–Crippen LogP) is 4.92. The van der Waals surface area contributed by atoms with Crippen molar-refractivity contribution in [1.29, 1.82) is 0 Å². The third-order valence-corrected chi connectivity index (χ3v) is 7.19. The lowest BCUT2D eigenvalue weighted by molar-refractivity contribution is -0.140. The van der Waals surface area contributed by atoms with Gasteiger partial charge in [-0.05, 0) is 65.5 Å². The molecule has 39 heavy (non-hydrogen) atoms. The van der Waals surface area contributed by atoms with Crippen LogP contribution in [0, 0.1) is 0 Å². The summed E-state index contributed by atoms with van der Waals surface area (Å²) in [6, 6.07) is 24.8. The fraction of sp³-hybridized carbons (Fsp3) is 0.172.